The first-order chi connectivity index (χ1) is 7.25. The minimum Gasteiger partial charge on any atom is -0.364 e. The van der Waals surface area contributed by atoms with Crippen LogP contribution >= 0.6 is 0 Å². The first-order valence-corrected chi connectivity index (χ1v) is 4.61. The quantitative estimate of drug-likeness (QED) is 0.752. The number of amides is 1. The number of nitrogens with one attached hydrogen (secondary N) is 2. The number of aliphatic imine (C=N–C) groups is 1. The van der Waals surface area contributed by atoms with Crippen LogP contribution in [0.5, 0.6) is 0 Å². The van der Waals surface area contributed by atoms with Gasteiger partial charge in [0.2, 0.25) is 0 Å². The van der Waals surface area contributed by atoms with Crippen molar-refractivity contribution in [2.24, 2.45) is 4.99 Å². The molecule has 5 heteroatoms. The molecule has 1 amide bonds. The molecule has 0 fully saturated rings. The molecule has 4 nitrogen and oxygen atoms in total. The molecule has 0 aliphatic carbocycles. The molecule has 0 radical (unpaired) electrons. The molecule has 2 rings (SSSR count). The molecule has 78 valence electrons. The van der Waals surface area contributed by atoms with Gasteiger partial charge in [0.25, 0.3) is 5.91 Å². The van der Waals surface area contributed by atoms with Gasteiger partial charge in [0.15, 0.2) is 5.84 Å². The molecule has 1 aromatic carbocycles. The Morgan fingerprint density at radius 1 is 1.53 bits per heavy atom. The number of carbonyl (C=O) groups is 1. The molecule has 15 heavy (non-hydrogen) atoms. The topological polar surface area (TPSA) is 53.5 Å². The van der Waals surface area contributed by atoms with Crippen LogP contribution < -0.4 is 10.6 Å². The minimum atomic E-state index is -0.380. The second-order valence-corrected chi connectivity index (χ2v) is 3.12. The van der Waals surface area contributed by atoms with E-state index in [0.717, 1.165) is 0 Å². The van der Waals surface area contributed by atoms with Crippen molar-refractivity contribution < 1.29 is 9.18 Å². The summed E-state index contributed by atoms with van der Waals surface area (Å²) in [5.41, 5.74) is 0.427. The van der Waals surface area contributed by atoms with E-state index >= 15 is 0 Å². The molecular formula is C10H10FN3O. The van der Waals surface area contributed by atoms with E-state index in [1.807, 2.05) is 0 Å². The number of halogens is 1. The first-order valence-electron chi connectivity index (χ1n) is 4.61. The Morgan fingerprint density at radius 3 is 3.07 bits per heavy atom. The van der Waals surface area contributed by atoms with Gasteiger partial charge in [-0.05, 0) is 18.2 Å². The lowest BCUT2D eigenvalue weighted by molar-refractivity contribution is -0.110. The smallest absolute Gasteiger partial charge is 0.290 e. The zero-order chi connectivity index (χ0) is 10.7. The van der Waals surface area contributed by atoms with Crippen molar-refractivity contribution >= 4 is 17.4 Å². The Labute approximate surface area is 86.2 Å². The van der Waals surface area contributed by atoms with Crippen LogP contribution in [-0.2, 0) is 4.79 Å². The highest BCUT2D eigenvalue weighted by Gasteiger charge is 2.14. The number of rotatable bonds is 2. The summed E-state index contributed by atoms with van der Waals surface area (Å²) in [6.07, 6.45) is 0. The molecule has 0 bridgehead atoms. The van der Waals surface area contributed by atoms with Crippen LogP contribution in [0.3, 0.4) is 0 Å². The van der Waals surface area contributed by atoms with Crippen LogP contribution in [0.1, 0.15) is 0 Å². The van der Waals surface area contributed by atoms with E-state index in [2.05, 4.69) is 15.6 Å². The zero-order valence-electron chi connectivity index (χ0n) is 7.96. The molecule has 0 saturated carbocycles. The van der Waals surface area contributed by atoms with E-state index in [9.17, 15) is 9.18 Å². The Balaban J connectivity index is 2.05. The van der Waals surface area contributed by atoms with Crippen LogP contribution in [0.2, 0.25) is 0 Å². The maximum absolute atomic E-state index is 12.8. The SMILES string of the molecule is O=C(Nc1cccc(F)c1)C1=NCCN1. The van der Waals surface area contributed by atoms with Crippen LogP contribution in [-0.4, -0.2) is 24.8 Å². The standard InChI is InChI=1S/C10H10FN3O/c11-7-2-1-3-8(6-7)14-10(15)9-12-4-5-13-9/h1-3,6H,4-5H2,(H,12,13)(H,14,15). The number of hydrogen-bond donors (Lipinski definition) is 2. The predicted octanol–water partition coefficient (Wildman–Crippen LogP) is 0.766. The lowest BCUT2D eigenvalue weighted by atomic mass is 10.3. The number of hydrogen-bond acceptors (Lipinski definition) is 3. The Hall–Kier alpha value is -1.91. The maximum atomic E-state index is 12.8. The first kappa shape index (κ1) is 9.64. The van der Waals surface area contributed by atoms with Gasteiger partial charge in [-0.2, -0.15) is 0 Å². The van der Waals surface area contributed by atoms with Crippen LogP contribution in [0.15, 0.2) is 29.3 Å². The molecule has 1 heterocycles. The summed E-state index contributed by atoms with van der Waals surface area (Å²) in [5, 5.41) is 5.39. The molecule has 0 spiro atoms. The normalized spacial score (nSPS) is 14.3. The predicted molar refractivity (Wildman–Crippen MR) is 55.3 cm³/mol. The van der Waals surface area contributed by atoms with Gasteiger partial charge < -0.3 is 10.6 Å². The highest BCUT2D eigenvalue weighted by atomic mass is 19.1. The Kier molecular flexibility index (Phi) is 2.62. The summed E-state index contributed by atoms with van der Waals surface area (Å²) >= 11 is 0. The average Bonchev–Trinajstić information content (AvgIpc) is 2.70. The number of carbonyl (C=O) groups excluding carboxylic acids is 1. The maximum Gasteiger partial charge on any atom is 0.290 e. The minimum absolute atomic E-state index is 0.305. The van der Waals surface area contributed by atoms with E-state index in [4.69, 9.17) is 0 Å². The Morgan fingerprint density at radius 2 is 2.40 bits per heavy atom. The van der Waals surface area contributed by atoms with Crippen molar-refractivity contribution in [1.82, 2.24) is 5.32 Å². The fourth-order valence-electron chi connectivity index (χ4n) is 1.31. The summed E-state index contributed by atoms with van der Waals surface area (Å²) in [6, 6.07) is 5.74. The second-order valence-electron chi connectivity index (χ2n) is 3.12. The van der Waals surface area contributed by atoms with Crippen molar-refractivity contribution in [2.45, 2.75) is 0 Å². The monoisotopic (exact) mass is 207 g/mol. The van der Waals surface area contributed by atoms with E-state index in [0.29, 0.717) is 24.6 Å². The van der Waals surface area contributed by atoms with Gasteiger partial charge in [0.1, 0.15) is 5.82 Å². The summed E-state index contributed by atoms with van der Waals surface area (Å²) in [7, 11) is 0. The van der Waals surface area contributed by atoms with Gasteiger partial charge in [0.05, 0.1) is 6.54 Å². The number of benzene rings is 1. The average molecular weight is 207 g/mol. The van der Waals surface area contributed by atoms with Crippen LogP contribution in [0, 0.1) is 5.82 Å². The van der Waals surface area contributed by atoms with E-state index in [-0.39, 0.29) is 11.7 Å². The summed E-state index contributed by atoms with van der Waals surface area (Å²) in [5.74, 6) is -0.411. The van der Waals surface area contributed by atoms with Gasteiger partial charge in [-0.1, -0.05) is 6.07 Å². The van der Waals surface area contributed by atoms with Crippen LogP contribution in [0.25, 0.3) is 0 Å². The highest BCUT2D eigenvalue weighted by Crippen LogP contribution is 2.08. The lowest BCUT2D eigenvalue weighted by Crippen LogP contribution is -2.32. The van der Waals surface area contributed by atoms with E-state index in [1.165, 1.54) is 18.2 Å². The molecule has 0 saturated heterocycles. The molecule has 1 aliphatic heterocycles. The molecule has 1 aliphatic rings. The van der Waals surface area contributed by atoms with Gasteiger partial charge >= 0.3 is 0 Å². The van der Waals surface area contributed by atoms with E-state index in [1.54, 1.807) is 6.07 Å². The third-order valence-corrected chi connectivity index (χ3v) is 1.97. The number of nitrogens with zero attached hydrogens (tertiary/aromatic N) is 1. The number of amidine groups is 1. The van der Waals surface area contributed by atoms with Crippen molar-refractivity contribution in [3.05, 3.63) is 30.1 Å². The summed E-state index contributed by atoms with van der Waals surface area (Å²) in [4.78, 5) is 15.5. The van der Waals surface area contributed by atoms with E-state index < -0.39 is 0 Å². The van der Waals surface area contributed by atoms with Gasteiger partial charge in [-0.3, -0.25) is 9.79 Å². The van der Waals surface area contributed by atoms with Crippen molar-refractivity contribution in [3.63, 3.8) is 0 Å². The molecule has 0 atom stereocenters. The molecular weight excluding hydrogens is 197 g/mol. The fraction of sp³-hybridized carbons (Fsp3) is 0.200. The third kappa shape index (κ3) is 2.31. The summed E-state index contributed by atoms with van der Waals surface area (Å²) < 4.78 is 12.8. The third-order valence-electron chi connectivity index (χ3n) is 1.97. The van der Waals surface area contributed by atoms with Crippen molar-refractivity contribution in [1.29, 1.82) is 0 Å². The van der Waals surface area contributed by atoms with Crippen molar-refractivity contribution in [2.75, 3.05) is 18.4 Å². The summed E-state index contributed by atoms with van der Waals surface area (Å²) in [6.45, 7) is 1.28. The molecule has 1 aromatic rings. The van der Waals surface area contributed by atoms with Gasteiger partial charge in [-0.15, -0.1) is 0 Å². The van der Waals surface area contributed by atoms with Crippen molar-refractivity contribution in [3.8, 4) is 0 Å². The lowest BCUT2D eigenvalue weighted by Gasteiger charge is -2.04. The molecule has 0 unspecified atom stereocenters. The Bertz CT molecular complexity index is 417. The highest BCUT2D eigenvalue weighted by molar-refractivity contribution is 6.42. The molecule has 2 N–H and O–H groups in total. The number of anilines is 1. The van der Waals surface area contributed by atoms with Gasteiger partial charge in [0, 0.05) is 12.2 Å². The second kappa shape index (κ2) is 4.08. The fourth-order valence-corrected chi connectivity index (χ4v) is 1.31. The largest absolute Gasteiger partial charge is 0.364 e. The zero-order valence-corrected chi connectivity index (χ0v) is 7.96. The van der Waals surface area contributed by atoms with Crippen LogP contribution in [0.4, 0.5) is 10.1 Å². The van der Waals surface area contributed by atoms with Gasteiger partial charge in [-0.25, -0.2) is 4.39 Å². The molecule has 0 aromatic heterocycles.